The normalized spacial score (nSPS) is 11.4. The highest BCUT2D eigenvalue weighted by Gasteiger charge is 2.14. The second kappa shape index (κ2) is 6.05. The van der Waals surface area contributed by atoms with Crippen molar-refractivity contribution in [1.29, 1.82) is 0 Å². The number of para-hydroxylation sites is 1. The molecule has 112 valence electrons. The summed E-state index contributed by atoms with van der Waals surface area (Å²) in [7, 11) is 1.87. The molecule has 0 saturated carbocycles. The fourth-order valence-electron chi connectivity index (χ4n) is 1.85. The summed E-state index contributed by atoms with van der Waals surface area (Å²) in [5.74, 6) is 0.634. The molecule has 6 heteroatoms. The van der Waals surface area contributed by atoms with E-state index < -0.39 is 0 Å². The van der Waals surface area contributed by atoms with E-state index in [4.69, 9.17) is 0 Å². The van der Waals surface area contributed by atoms with Gasteiger partial charge in [0.15, 0.2) is 5.82 Å². The smallest absolute Gasteiger partial charge is 0.238 e. The predicted octanol–water partition coefficient (Wildman–Crippen LogP) is 1.81. The number of amides is 1. The number of hydrogen-bond acceptors (Lipinski definition) is 4. The molecule has 0 radical (unpaired) electrons. The van der Waals surface area contributed by atoms with Crippen LogP contribution in [-0.2, 0) is 11.8 Å². The summed E-state index contributed by atoms with van der Waals surface area (Å²) >= 11 is 0. The molecule has 2 aromatic rings. The molecule has 0 spiro atoms. The Morgan fingerprint density at radius 1 is 1.29 bits per heavy atom. The molecule has 0 unspecified atom stereocenters. The molecule has 0 aliphatic heterocycles. The van der Waals surface area contributed by atoms with Crippen LogP contribution in [0.3, 0.4) is 0 Å². The molecule has 0 aliphatic carbocycles. The number of aromatic nitrogens is 3. The van der Waals surface area contributed by atoms with E-state index in [0.717, 1.165) is 17.1 Å². The molecule has 2 N–H and O–H groups in total. The van der Waals surface area contributed by atoms with Crippen LogP contribution in [0, 0.1) is 0 Å². The van der Waals surface area contributed by atoms with Gasteiger partial charge in [0.05, 0.1) is 12.2 Å². The topological polar surface area (TPSA) is 71.8 Å². The monoisotopic (exact) mass is 287 g/mol. The van der Waals surface area contributed by atoms with Crippen molar-refractivity contribution in [3.05, 3.63) is 30.6 Å². The predicted molar refractivity (Wildman–Crippen MR) is 82.8 cm³/mol. The number of carbonyl (C=O) groups is 1. The highest BCUT2D eigenvalue weighted by atomic mass is 16.1. The molecule has 1 aromatic heterocycles. The minimum absolute atomic E-state index is 0.0838. The molecule has 1 aromatic carbocycles. The van der Waals surface area contributed by atoms with Crippen molar-refractivity contribution in [3.63, 3.8) is 0 Å². The molecule has 0 fully saturated rings. The largest absolute Gasteiger partial charge is 0.324 e. The minimum atomic E-state index is -0.0968. The van der Waals surface area contributed by atoms with Gasteiger partial charge in [-0.1, -0.05) is 12.1 Å². The SMILES string of the molecule is Cn1cnnc1-c1ccccc1NC(=O)CNC(C)(C)C. The first-order valence-electron chi connectivity index (χ1n) is 6.85. The Morgan fingerprint density at radius 3 is 2.62 bits per heavy atom. The summed E-state index contributed by atoms with van der Waals surface area (Å²) in [5, 5.41) is 14.0. The lowest BCUT2D eigenvalue weighted by Crippen LogP contribution is -2.41. The van der Waals surface area contributed by atoms with E-state index in [0.29, 0.717) is 0 Å². The molecule has 0 saturated heterocycles. The van der Waals surface area contributed by atoms with Gasteiger partial charge < -0.3 is 15.2 Å². The first kappa shape index (κ1) is 15.2. The third-order valence-electron chi connectivity index (χ3n) is 2.93. The van der Waals surface area contributed by atoms with Crippen LogP contribution in [0.4, 0.5) is 5.69 Å². The highest BCUT2D eigenvalue weighted by Crippen LogP contribution is 2.25. The van der Waals surface area contributed by atoms with Gasteiger partial charge in [-0.25, -0.2) is 0 Å². The second-order valence-corrected chi connectivity index (χ2v) is 5.96. The fourth-order valence-corrected chi connectivity index (χ4v) is 1.85. The summed E-state index contributed by atoms with van der Waals surface area (Å²) in [6.45, 7) is 6.33. The van der Waals surface area contributed by atoms with Gasteiger partial charge in [-0.05, 0) is 32.9 Å². The first-order valence-corrected chi connectivity index (χ1v) is 6.85. The van der Waals surface area contributed by atoms with Crippen LogP contribution in [0.2, 0.25) is 0 Å². The van der Waals surface area contributed by atoms with E-state index in [-0.39, 0.29) is 18.0 Å². The quantitative estimate of drug-likeness (QED) is 0.899. The van der Waals surface area contributed by atoms with Gasteiger partial charge in [-0.3, -0.25) is 4.79 Å². The van der Waals surface area contributed by atoms with Crippen molar-refractivity contribution in [2.75, 3.05) is 11.9 Å². The van der Waals surface area contributed by atoms with Crippen molar-refractivity contribution < 1.29 is 4.79 Å². The van der Waals surface area contributed by atoms with Gasteiger partial charge in [0.1, 0.15) is 6.33 Å². The van der Waals surface area contributed by atoms with E-state index in [1.165, 1.54) is 0 Å². The average molecular weight is 287 g/mol. The Balaban J connectivity index is 2.14. The van der Waals surface area contributed by atoms with Crippen molar-refractivity contribution in [3.8, 4) is 11.4 Å². The number of carbonyl (C=O) groups excluding carboxylic acids is 1. The van der Waals surface area contributed by atoms with Gasteiger partial charge in [-0.2, -0.15) is 0 Å². The van der Waals surface area contributed by atoms with Crippen LogP contribution < -0.4 is 10.6 Å². The van der Waals surface area contributed by atoms with Gasteiger partial charge in [0.25, 0.3) is 0 Å². The zero-order valence-electron chi connectivity index (χ0n) is 12.8. The van der Waals surface area contributed by atoms with E-state index >= 15 is 0 Å². The molecule has 21 heavy (non-hydrogen) atoms. The van der Waals surface area contributed by atoms with Crippen molar-refractivity contribution in [2.45, 2.75) is 26.3 Å². The molecular formula is C15H21N5O. The lowest BCUT2D eigenvalue weighted by Gasteiger charge is -2.20. The highest BCUT2D eigenvalue weighted by molar-refractivity contribution is 5.95. The number of anilines is 1. The van der Waals surface area contributed by atoms with Crippen LogP contribution in [0.1, 0.15) is 20.8 Å². The standard InChI is InChI=1S/C15H21N5O/c1-15(2,3)16-9-13(21)18-12-8-6-5-7-11(12)14-19-17-10-20(14)4/h5-8,10,16H,9H2,1-4H3,(H,18,21). The van der Waals surface area contributed by atoms with Crippen LogP contribution >= 0.6 is 0 Å². The summed E-state index contributed by atoms with van der Waals surface area (Å²) in [5.41, 5.74) is 1.48. The summed E-state index contributed by atoms with van der Waals surface area (Å²) < 4.78 is 1.82. The maximum atomic E-state index is 12.0. The second-order valence-electron chi connectivity index (χ2n) is 5.96. The van der Waals surface area contributed by atoms with Crippen molar-refractivity contribution in [2.24, 2.45) is 7.05 Å². The molecule has 0 atom stereocenters. The lowest BCUT2D eigenvalue weighted by molar-refractivity contribution is -0.115. The molecule has 0 aliphatic rings. The van der Waals surface area contributed by atoms with Crippen molar-refractivity contribution in [1.82, 2.24) is 20.1 Å². The van der Waals surface area contributed by atoms with Crippen LogP contribution in [0.5, 0.6) is 0 Å². The summed E-state index contributed by atoms with van der Waals surface area (Å²) in [4.78, 5) is 12.0. The third kappa shape index (κ3) is 4.13. The molecule has 1 amide bonds. The third-order valence-corrected chi connectivity index (χ3v) is 2.93. The van der Waals surface area contributed by atoms with Crippen LogP contribution in [0.15, 0.2) is 30.6 Å². The fraction of sp³-hybridized carbons (Fsp3) is 0.400. The number of hydrogen-bond donors (Lipinski definition) is 2. The molecule has 2 rings (SSSR count). The molecule has 6 nitrogen and oxygen atoms in total. The average Bonchev–Trinajstić information content (AvgIpc) is 2.82. The van der Waals surface area contributed by atoms with Crippen LogP contribution in [0.25, 0.3) is 11.4 Å². The molecule has 1 heterocycles. The number of rotatable bonds is 4. The maximum Gasteiger partial charge on any atom is 0.238 e. The number of nitrogens with zero attached hydrogens (tertiary/aromatic N) is 3. The number of benzene rings is 1. The van der Waals surface area contributed by atoms with Gasteiger partial charge in [-0.15, -0.1) is 10.2 Å². The Morgan fingerprint density at radius 2 is 2.00 bits per heavy atom. The Bertz CT molecular complexity index is 627. The summed E-state index contributed by atoms with van der Waals surface area (Å²) in [6.07, 6.45) is 1.63. The van der Waals surface area contributed by atoms with E-state index in [9.17, 15) is 4.79 Å². The number of aryl methyl sites for hydroxylation is 1. The molecular weight excluding hydrogens is 266 g/mol. The zero-order valence-corrected chi connectivity index (χ0v) is 12.8. The van der Waals surface area contributed by atoms with Gasteiger partial charge in [0.2, 0.25) is 5.91 Å². The Labute approximate surface area is 124 Å². The van der Waals surface area contributed by atoms with E-state index in [2.05, 4.69) is 20.8 Å². The Hall–Kier alpha value is -2.21. The number of nitrogens with one attached hydrogen (secondary N) is 2. The van der Waals surface area contributed by atoms with Crippen molar-refractivity contribution >= 4 is 11.6 Å². The van der Waals surface area contributed by atoms with E-state index in [1.54, 1.807) is 6.33 Å². The minimum Gasteiger partial charge on any atom is -0.324 e. The molecule has 0 bridgehead atoms. The lowest BCUT2D eigenvalue weighted by atomic mass is 10.1. The van der Waals surface area contributed by atoms with Gasteiger partial charge >= 0.3 is 0 Å². The van der Waals surface area contributed by atoms with Gasteiger partial charge in [0, 0.05) is 18.2 Å². The Kier molecular flexibility index (Phi) is 4.37. The van der Waals surface area contributed by atoms with Crippen LogP contribution in [-0.4, -0.2) is 32.8 Å². The maximum absolute atomic E-state index is 12.0. The van der Waals surface area contributed by atoms with E-state index in [1.807, 2.05) is 56.7 Å². The first-order chi connectivity index (χ1) is 9.87. The summed E-state index contributed by atoms with van der Waals surface area (Å²) in [6, 6.07) is 7.57. The zero-order chi connectivity index (χ0) is 15.5.